The lowest BCUT2D eigenvalue weighted by molar-refractivity contribution is -0.302. The molecule has 7 unspecified atom stereocenters. The Morgan fingerprint density at radius 1 is 0.376 bits per heavy atom. The van der Waals surface area contributed by atoms with Crippen molar-refractivity contribution < 1.29 is 39.8 Å². The fourth-order valence-electron chi connectivity index (χ4n) is 12.2. The fraction of sp³-hybridized carbons (Fsp3) is 0.774. The van der Waals surface area contributed by atoms with Crippen molar-refractivity contribution in [1.82, 2.24) is 5.32 Å². The molecule has 1 aliphatic heterocycles. The lowest BCUT2D eigenvalue weighted by Gasteiger charge is -2.40. The fourth-order valence-corrected chi connectivity index (χ4v) is 12.2. The van der Waals surface area contributed by atoms with Crippen molar-refractivity contribution in [2.75, 3.05) is 13.2 Å². The number of rotatable bonds is 69. The van der Waals surface area contributed by atoms with Crippen LogP contribution in [-0.2, 0) is 14.3 Å². The Kier molecular flexibility index (Phi) is 67.7. The molecule has 1 saturated heterocycles. The molecule has 1 fully saturated rings. The van der Waals surface area contributed by atoms with Crippen LogP contribution in [0.25, 0.3) is 0 Å². The number of aliphatic hydroxyl groups is 5. The molecule has 0 saturated carbocycles. The van der Waals surface area contributed by atoms with Gasteiger partial charge in [0.05, 0.1) is 25.4 Å². The van der Waals surface area contributed by atoms with Crippen LogP contribution in [0.1, 0.15) is 361 Å². The summed E-state index contributed by atoms with van der Waals surface area (Å²) in [6.07, 6.45) is 99.4. The highest BCUT2D eigenvalue weighted by molar-refractivity contribution is 5.76. The maximum absolute atomic E-state index is 13.2. The molecule has 1 aliphatic rings. The zero-order valence-electron chi connectivity index (χ0n) is 60.5. The van der Waals surface area contributed by atoms with E-state index in [4.69, 9.17) is 9.47 Å². The van der Waals surface area contributed by atoms with Crippen LogP contribution in [0.5, 0.6) is 0 Å². The normalized spacial score (nSPS) is 18.2. The van der Waals surface area contributed by atoms with E-state index >= 15 is 0 Å². The molecule has 0 aromatic rings. The first-order valence-electron chi connectivity index (χ1n) is 39.6. The lowest BCUT2D eigenvalue weighted by Crippen LogP contribution is -2.60. The molecule has 0 bridgehead atoms. The molecule has 9 nitrogen and oxygen atoms in total. The van der Waals surface area contributed by atoms with Crippen LogP contribution < -0.4 is 5.32 Å². The smallest absolute Gasteiger partial charge is 0.220 e. The van der Waals surface area contributed by atoms with Crippen molar-refractivity contribution in [3.05, 3.63) is 109 Å². The third-order valence-corrected chi connectivity index (χ3v) is 18.3. The Hall–Kier alpha value is -3.15. The summed E-state index contributed by atoms with van der Waals surface area (Å²) in [5, 5.41) is 54.9. The highest BCUT2D eigenvalue weighted by Crippen LogP contribution is 2.24. The van der Waals surface area contributed by atoms with Gasteiger partial charge in [-0.05, 0) is 89.9 Å². The van der Waals surface area contributed by atoms with Crippen LogP contribution in [0, 0.1) is 0 Å². The molecule has 9 heteroatoms. The van der Waals surface area contributed by atoms with Crippen LogP contribution in [0.15, 0.2) is 109 Å². The minimum Gasteiger partial charge on any atom is -0.394 e. The predicted octanol–water partition coefficient (Wildman–Crippen LogP) is 22.8. The summed E-state index contributed by atoms with van der Waals surface area (Å²) in [4.78, 5) is 13.2. The molecule has 1 amide bonds. The number of carbonyl (C=O) groups excluding carboxylic acids is 1. The topological polar surface area (TPSA) is 149 Å². The molecule has 0 aromatic heterocycles. The number of amides is 1. The average Bonchev–Trinajstić information content (AvgIpc) is 1.02. The van der Waals surface area contributed by atoms with Gasteiger partial charge in [0.1, 0.15) is 24.4 Å². The van der Waals surface area contributed by atoms with E-state index in [1.807, 2.05) is 6.08 Å². The number of ether oxygens (including phenoxy) is 2. The summed E-state index contributed by atoms with van der Waals surface area (Å²) >= 11 is 0. The number of hydrogen-bond donors (Lipinski definition) is 6. The van der Waals surface area contributed by atoms with Crippen molar-refractivity contribution in [3.63, 3.8) is 0 Å². The van der Waals surface area contributed by atoms with Crippen LogP contribution in [-0.4, -0.2) is 87.5 Å². The van der Waals surface area contributed by atoms with Gasteiger partial charge in [-0.2, -0.15) is 0 Å². The first-order chi connectivity index (χ1) is 45.8. The minimum atomic E-state index is -1.58. The number of aliphatic hydroxyl groups excluding tert-OH is 5. The molecule has 0 aromatic carbocycles. The highest BCUT2D eigenvalue weighted by Gasteiger charge is 2.44. The third-order valence-electron chi connectivity index (χ3n) is 18.3. The second kappa shape index (κ2) is 71.6. The summed E-state index contributed by atoms with van der Waals surface area (Å²) in [5.41, 5.74) is 0. The van der Waals surface area contributed by atoms with Crippen LogP contribution in [0.3, 0.4) is 0 Å². The zero-order chi connectivity index (χ0) is 67.1. The van der Waals surface area contributed by atoms with Crippen LogP contribution >= 0.6 is 0 Å². The summed E-state index contributed by atoms with van der Waals surface area (Å²) < 4.78 is 11.3. The molecule has 6 N–H and O–H groups in total. The number of carbonyl (C=O) groups is 1. The first-order valence-corrected chi connectivity index (χ1v) is 39.6. The zero-order valence-corrected chi connectivity index (χ0v) is 60.5. The molecular formula is C84H149NO8. The van der Waals surface area contributed by atoms with Gasteiger partial charge in [-0.15, -0.1) is 0 Å². The molecule has 1 rings (SSSR count). The van der Waals surface area contributed by atoms with Gasteiger partial charge in [-0.1, -0.05) is 374 Å². The van der Waals surface area contributed by atoms with Gasteiger partial charge >= 0.3 is 0 Å². The largest absolute Gasteiger partial charge is 0.394 e. The van der Waals surface area contributed by atoms with Gasteiger partial charge in [-0.3, -0.25) is 4.79 Å². The minimum absolute atomic E-state index is 0.184. The van der Waals surface area contributed by atoms with Gasteiger partial charge in [0, 0.05) is 6.42 Å². The summed E-state index contributed by atoms with van der Waals surface area (Å²) in [5.74, 6) is -0.184. The summed E-state index contributed by atoms with van der Waals surface area (Å²) in [6, 6.07) is -0.829. The lowest BCUT2D eigenvalue weighted by atomic mass is 9.99. The Balaban J connectivity index is 2.10. The molecule has 1 heterocycles. The maximum Gasteiger partial charge on any atom is 0.220 e. The Bertz CT molecular complexity index is 1850. The van der Waals surface area contributed by atoms with E-state index in [0.717, 1.165) is 83.5 Å². The first kappa shape index (κ1) is 87.9. The molecule has 93 heavy (non-hydrogen) atoms. The molecule has 538 valence electrons. The monoisotopic (exact) mass is 1300 g/mol. The number of nitrogens with one attached hydrogen (secondary N) is 1. The van der Waals surface area contributed by atoms with E-state index in [-0.39, 0.29) is 12.5 Å². The van der Waals surface area contributed by atoms with Crippen molar-refractivity contribution in [2.45, 2.75) is 403 Å². The Morgan fingerprint density at radius 2 is 0.677 bits per heavy atom. The molecule has 0 radical (unpaired) electrons. The van der Waals surface area contributed by atoms with E-state index in [1.54, 1.807) is 6.08 Å². The van der Waals surface area contributed by atoms with Crippen molar-refractivity contribution >= 4 is 5.91 Å². The van der Waals surface area contributed by atoms with Crippen LogP contribution in [0.4, 0.5) is 0 Å². The molecule has 0 spiro atoms. The van der Waals surface area contributed by atoms with Crippen LogP contribution in [0.2, 0.25) is 0 Å². The van der Waals surface area contributed by atoms with Gasteiger partial charge < -0.3 is 40.3 Å². The van der Waals surface area contributed by atoms with Gasteiger partial charge in [0.25, 0.3) is 0 Å². The Morgan fingerprint density at radius 3 is 1.03 bits per heavy atom. The van der Waals surface area contributed by atoms with Gasteiger partial charge in [0.15, 0.2) is 6.29 Å². The highest BCUT2D eigenvalue weighted by atomic mass is 16.7. The van der Waals surface area contributed by atoms with E-state index < -0.39 is 49.5 Å². The van der Waals surface area contributed by atoms with Crippen molar-refractivity contribution in [1.29, 1.82) is 0 Å². The average molecular weight is 1300 g/mol. The molecule has 0 aliphatic carbocycles. The number of hydrogen-bond acceptors (Lipinski definition) is 8. The van der Waals surface area contributed by atoms with E-state index in [9.17, 15) is 30.3 Å². The van der Waals surface area contributed by atoms with Gasteiger partial charge in [-0.25, -0.2) is 0 Å². The predicted molar refractivity (Wildman–Crippen MR) is 401 cm³/mol. The quantitative estimate of drug-likeness (QED) is 0.0261. The molecule has 7 atom stereocenters. The summed E-state index contributed by atoms with van der Waals surface area (Å²) in [6.45, 7) is 3.69. The second-order valence-electron chi connectivity index (χ2n) is 27.1. The van der Waals surface area contributed by atoms with Crippen molar-refractivity contribution in [3.8, 4) is 0 Å². The molecular weight excluding hydrogens is 1150 g/mol. The number of allylic oxidation sites excluding steroid dienone is 17. The second-order valence-corrected chi connectivity index (χ2v) is 27.1. The van der Waals surface area contributed by atoms with E-state index in [1.165, 1.54) is 257 Å². The van der Waals surface area contributed by atoms with Gasteiger partial charge in [0.2, 0.25) is 5.91 Å². The van der Waals surface area contributed by atoms with Crippen molar-refractivity contribution in [2.24, 2.45) is 0 Å². The van der Waals surface area contributed by atoms with E-state index in [0.29, 0.717) is 6.42 Å². The number of unbranched alkanes of at least 4 members (excludes halogenated alkanes) is 43. The SMILES string of the molecule is CC/C=C\C/C=C\C/C=C\C/C=C\C/C=C\C/C=C\C/C=C\CCCCCCCCCCCCCCCCCCCC(=O)NC(COC1OC(CO)C(O)C(O)C1O)C(O)/C=C/CC/C=C/CCCCCCCCCCCCCCCCCCCCCCCCCCC. The standard InChI is InChI=1S/C84H149NO8/c1-3-5-7-9-11-13-15-17-19-21-23-25-27-29-31-33-35-36-37-38-39-40-41-42-44-46-48-50-52-54-56-58-60-62-64-66-68-70-72-74-80(88)85-77(76-92-84-83(91)82(90)81(89)79(75-86)93-84)78(87)73-71-69-67-65-63-61-59-57-55-53-51-49-47-45-43-34-32-30-28-26-24-22-20-18-16-14-12-10-8-6-4-2/h5,7,11,13,17,19,23,25,29,31,35-36,38-39,63,65,71,73,77-79,81-84,86-87,89-91H,3-4,6,8-10,12,14-16,18,20-22,24,26-28,30,32-34,37,40-62,64,66-70,72,74-76H2,1-2H3,(H,85,88)/b7-5-,13-11-,19-17-,25-23-,31-29-,36-35-,39-38-,65-63+,73-71+. The summed E-state index contributed by atoms with van der Waals surface area (Å²) in [7, 11) is 0. The Labute approximate surface area is 574 Å². The third kappa shape index (κ3) is 59.8. The maximum atomic E-state index is 13.2. The van der Waals surface area contributed by atoms with E-state index in [2.05, 4.69) is 116 Å².